The Morgan fingerprint density at radius 1 is 1.17 bits per heavy atom. The standard InChI is InChI=1S/C17H28N6O7/c1-4-5-13(28)19-11(7-24)15-22-16(30-23-15)10(6-12(18)27)20-17(29)21-14(8(2)25)9(3)26/h8,10-11,14,24-25H,4-7H2,1-3H3,(H2,18,27)(H,19,28)(H2,20,21,29)/t8?,10-,11-,14-/m0/s1. The van der Waals surface area contributed by atoms with Gasteiger partial charge >= 0.3 is 6.03 Å². The van der Waals surface area contributed by atoms with Crippen LogP contribution in [0.5, 0.6) is 0 Å². The van der Waals surface area contributed by atoms with E-state index >= 15 is 0 Å². The Morgan fingerprint density at radius 3 is 2.33 bits per heavy atom. The highest BCUT2D eigenvalue weighted by atomic mass is 16.5. The van der Waals surface area contributed by atoms with Crippen LogP contribution in [0.15, 0.2) is 4.52 Å². The van der Waals surface area contributed by atoms with Crippen LogP contribution in [0.25, 0.3) is 0 Å². The number of carbonyl (C=O) groups is 4. The van der Waals surface area contributed by atoms with Crippen molar-refractivity contribution in [3.63, 3.8) is 0 Å². The molecule has 0 aromatic carbocycles. The predicted molar refractivity (Wildman–Crippen MR) is 102 cm³/mol. The molecule has 0 fully saturated rings. The minimum absolute atomic E-state index is 0.0563. The summed E-state index contributed by atoms with van der Waals surface area (Å²) in [5.41, 5.74) is 5.20. The zero-order valence-corrected chi connectivity index (χ0v) is 17.0. The van der Waals surface area contributed by atoms with Crippen LogP contribution < -0.4 is 21.7 Å². The second-order valence-corrected chi connectivity index (χ2v) is 6.71. The largest absolute Gasteiger partial charge is 0.394 e. The molecule has 13 heteroatoms. The zero-order chi connectivity index (χ0) is 22.8. The van der Waals surface area contributed by atoms with Crippen LogP contribution in [0.3, 0.4) is 0 Å². The van der Waals surface area contributed by atoms with Crippen LogP contribution in [0.4, 0.5) is 4.79 Å². The third kappa shape index (κ3) is 7.75. The fraction of sp³-hybridized carbons (Fsp3) is 0.647. The van der Waals surface area contributed by atoms with Crippen molar-refractivity contribution in [1.82, 2.24) is 26.1 Å². The third-order valence-electron chi connectivity index (χ3n) is 3.98. The van der Waals surface area contributed by atoms with E-state index in [-0.39, 0.29) is 24.0 Å². The SMILES string of the molecule is CCCC(=O)N[C@@H](CO)c1noc([C@H](CC(N)=O)NC(=O)N[C@H](C(C)=O)C(C)O)n1. The summed E-state index contributed by atoms with van der Waals surface area (Å²) in [6.45, 7) is 3.85. The lowest BCUT2D eigenvalue weighted by atomic mass is 10.1. The van der Waals surface area contributed by atoms with Gasteiger partial charge in [0.25, 0.3) is 0 Å². The number of hydrogen-bond acceptors (Lipinski definition) is 9. The van der Waals surface area contributed by atoms with Gasteiger partial charge in [-0.1, -0.05) is 12.1 Å². The molecule has 30 heavy (non-hydrogen) atoms. The molecule has 7 N–H and O–H groups in total. The van der Waals surface area contributed by atoms with E-state index in [1.165, 1.54) is 13.8 Å². The topological polar surface area (TPSA) is 210 Å². The van der Waals surface area contributed by atoms with Crippen molar-refractivity contribution >= 4 is 23.6 Å². The van der Waals surface area contributed by atoms with Gasteiger partial charge < -0.3 is 36.4 Å². The molecular formula is C17H28N6O7. The first-order valence-electron chi connectivity index (χ1n) is 9.36. The molecule has 1 aromatic rings. The highest BCUT2D eigenvalue weighted by Gasteiger charge is 2.28. The number of carbonyl (C=O) groups excluding carboxylic acids is 4. The summed E-state index contributed by atoms with van der Waals surface area (Å²) in [5.74, 6) is -1.82. The first-order chi connectivity index (χ1) is 14.1. The molecule has 1 rings (SSSR count). The predicted octanol–water partition coefficient (Wildman–Crippen LogP) is -1.43. The molecule has 1 unspecified atom stereocenters. The van der Waals surface area contributed by atoms with Gasteiger partial charge in [-0.15, -0.1) is 0 Å². The van der Waals surface area contributed by atoms with E-state index in [0.29, 0.717) is 6.42 Å². The summed E-state index contributed by atoms with van der Waals surface area (Å²) < 4.78 is 5.06. The van der Waals surface area contributed by atoms with Crippen LogP contribution in [-0.4, -0.2) is 62.7 Å². The summed E-state index contributed by atoms with van der Waals surface area (Å²) in [7, 11) is 0. The average Bonchev–Trinajstić information content (AvgIpc) is 3.13. The highest BCUT2D eigenvalue weighted by molar-refractivity contribution is 5.87. The molecule has 1 aromatic heterocycles. The molecule has 1 heterocycles. The van der Waals surface area contributed by atoms with E-state index in [9.17, 15) is 29.4 Å². The van der Waals surface area contributed by atoms with Gasteiger partial charge in [0.05, 0.1) is 19.1 Å². The van der Waals surface area contributed by atoms with Crippen molar-refractivity contribution in [1.29, 1.82) is 0 Å². The number of nitrogens with one attached hydrogen (secondary N) is 3. The summed E-state index contributed by atoms with van der Waals surface area (Å²) in [6, 6.07) is -4.12. The minimum atomic E-state index is -1.16. The number of urea groups is 1. The van der Waals surface area contributed by atoms with E-state index < -0.39 is 55.0 Å². The van der Waals surface area contributed by atoms with E-state index in [2.05, 4.69) is 26.1 Å². The molecule has 0 aliphatic heterocycles. The van der Waals surface area contributed by atoms with Crippen LogP contribution in [0, 0.1) is 0 Å². The van der Waals surface area contributed by atoms with E-state index in [4.69, 9.17) is 10.3 Å². The van der Waals surface area contributed by atoms with Crippen LogP contribution >= 0.6 is 0 Å². The second kappa shape index (κ2) is 11.8. The molecule has 13 nitrogen and oxygen atoms in total. The Kier molecular flexibility index (Phi) is 9.84. The Labute approximate surface area is 172 Å². The number of primary amides is 1. The summed E-state index contributed by atoms with van der Waals surface area (Å²) >= 11 is 0. The zero-order valence-electron chi connectivity index (χ0n) is 17.0. The molecule has 0 bridgehead atoms. The maximum atomic E-state index is 12.2. The fourth-order valence-electron chi connectivity index (χ4n) is 2.52. The Balaban J connectivity index is 2.96. The van der Waals surface area contributed by atoms with Gasteiger partial charge in [0.1, 0.15) is 18.1 Å². The summed E-state index contributed by atoms with van der Waals surface area (Å²) in [5, 5.41) is 30.0. The van der Waals surface area contributed by atoms with Gasteiger partial charge in [-0.05, 0) is 20.3 Å². The van der Waals surface area contributed by atoms with Crippen molar-refractivity contribution in [3.05, 3.63) is 11.7 Å². The number of hydrogen-bond donors (Lipinski definition) is 6. The van der Waals surface area contributed by atoms with Gasteiger partial charge in [-0.3, -0.25) is 14.4 Å². The molecular weight excluding hydrogens is 400 g/mol. The van der Waals surface area contributed by atoms with Crippen molar-refractivity contribution in [2.24, 2.45) is 5.73 Å². The molecule has 4 amide bonds. The Hall–Kier alpha value is -3.06. The molecule has 0 radical (unpaired) electrons. The maximum absolute atomic E-state index is 12.2. The lowest BCUT2D eigenvalue weighted by molar-refractivity contribution is -0.122. The van der Waals surface area contributed by atoms with Crippen molar-refractivity contribution in [3.8, 4) is 0 Å². The summed E-state index contributed by atoms with van der Waals surface area (Å²) in [6.07, 6.45) is -0.696. The lowest BCUT2D eigenvalue weighted by Crippen LogP contribution is -2.51. The number of aromatic nitrogens is 2. The molecule has 168 valence electrons. The quantitative estimate of drug-likeness (QED) is 0.230. The van der Waals surface area contributed by atoms with Crippen LogP contribution in [0.2, 0.25) is 0 Å². The van der Waals surface area contributed by atoms with Crippen molar-refractivity contribution < 1.29 is 33.9 Å². The second-order valence-electron chi connectivity index (χ2n) is 6.71. The smallest absolute Gasteiger partial charge is 0.316 e. The molecule has 4 atom stereocenters. The Morgan fingerprint density at radius 2 is 1.83 bits per heavy atom. The number of nitrogens with zero attached hydrogens (tertiary/aromatic N) is 2. The minimum Gasteiger partial charge on any atom is -0.394 e. The van der Waals surface area contributed by atoms with Crippen LogP contribution in [0.1, 0.15) is 63.8 Å². The molecule has 0 saturated carbocycles. The van der Waals surface area contributed by atoms with E-state index in [1.54, 1.807) is 0 Å². The normalized spacial score (nSPS) is 14.8. The number of amides is 4. The number of nitrogens with two attached hydrogens (primary N) is 1. The number of aliphatic hydroxyl groups is 2. The highest BCUT2D eigenvalue weighted by Crippen LogP contribution is 2.17. The monoisotopic (exact) mass is 428 g/mol. The molecule has 0 aliphatic rings. The number of aliphatic hydroxyl groups excluding tert-OH is 2. The third-order valence-corrected chi connectivity index (χ3v) is 3.98. The van der Waals surface area contributed by atoms with Crippen molar-refractivity contribution in [2.75, 3.05) is 6.61 Å². The molecule has 0 saturated heterocycles. The van der Waals surface area contributed by atoms with Crippen LogP contribution in [-0.2, 0) is 14.4 Å². The van der Waals surface area contributed by atoms with Crippen molar-refractivity contribution in [2.45, 2.75) is 64.3 Å². The number of rotatable bonds is 12. The molecule has 0 spiro atoms. The average molecular weight is 428 g/mol. The van der Waals surface area contributed by atoms with Gasteiger partial charge in [-0.2, -0.15) is 4.98 Å². The Bertz CT molecular complexity index is 751. The number of ketones is 1. The molecule has 0 aliphatic carbocycles. The van der Waals surface area contributed by atoms with E-state index in [1.807, 2.05) is 6.92 Å². The first-order valence-corrected chi connectivity index (χ1v) is 9.36. The van der Waals surface area contributed by atoms with Gasteiger partial charge in [0.15, 0.2) is 11.6 Å². The summed E-state index contributed by atoms with van der Waals surface area (Å²) in [4.78, 5) is 50.9. The van der Waals surface area contributed by atoms with Gasteiger partial charge in [-0.25, -0.2) is 4.79 Å². The fourth-order valence-corrected chi connectivity index (χ4v) is 2.52. The van der Waals surface area contributed by atoms with E-state index in [0.717, 1.165) is 0 Å². The lowest BCUT2D eigenvalue weighted by Gasteiger charge is -2.21. The first kappa shape index (κ1) is 25.0. The maximum Gasteiger partial charge on any atom is 0.316 e. The van der Waals surface area contributed by atoms with Gasteiger partial charge in [0, 0.05) is 6.42 Å². The van der Waals surface area contributed by atoms with Gasteiger partial charge in [0.2, 0.25) is 17.7 Å². The number of Topliss-reactive ketones (excluding diaryl/α,β-unsaturated/α-hetero) is 1.